The summed E-state index contributed by atoms with van der Waals surface area (Å²) in [5.74, 6) is 1.60. The van der Waals surface area contributed by atoms with Gasteiger partial charge in [0, 0.05) is 17.4 Å². The van der Waals surface area contributed by atoms with E-state index in [-0.39, 0.29) is 11.9 Å². The van der Waals surface area contributed by atoms with Gasteiger partial charge in [-0.1, -0.05) is 48.3 Å². The zero-order valence-electron chi connectivity index (χ0n) is 14.3. The van der Waals surface area contributed by atoms with Crippen LogP contribution in [0.2, 0.25) is 0 Å². The van der Waals surface area contributed by atoms with Crippen LogP contribution in [0.4, 0.5) is 0 Å². The van der Waals surface area contributed by atoms with Gasteiger partial charge in [-0.25, -0.2) is 4.98 Å². The molecule has 128 valence electrons. The van der Waals surface area contributed by atoms with Gasteiger partial charge in [0.2, 0.25) is 5.91 Å². The van der Waals surface area contributed by atoms with Crippen LogP contribution in [-0.4, -0.2) is 27.3 Å². The lowest BCUT2D eigenvalue weighted by molar-refractivity contribution is -0.133. The average Bonchev–Trinajstić information content (AvgIpc) is 3.24. The van der Waals surface area contributed by atoms with Gasteiger partial charge in [0.15, 0.2) is 0 Å². The summed E-state index contributed by atoms with van der Waals surface area (Å²) in [6.45, 7) is 5.12. The van der Waals surface area contributed by atoms with E-state index in [2.05, 4.69) is 51.9 Å². The number of carbonyl (C=O) groups excluding carboxylic acids is 1. The zero-order chi connectivity index (χ0) is 17.1. The fraction of sp³-hybridized carbons (Fsp3) is 0.474. The van der Waals surface area contributed by atoms with Crippen molar-refractivity contribution in [2.75, 3.05) is 6.54 Å². The van der Waals surface area contributed by atoms with Crippen LogP contribution in [0.15, 0.2) is 34.9 Å². The maximum Gasteiger partial charge on any atom is 0.223 e. The minimum atomic E-state index is 0.0887. The van der Waals surface area contributed by atoms with Crippen molar-refractivity contribution in [3.05, 3.63) is 40.8 Å². The molecule has 2 aromatic rings. The molecule has 3 rings (SSSR count). The predicted octanol–water partition coefficient (Wildman–Crippen LogP) is 4.94. The van der Waals surface area contributed by atoms with Crippen LogP contribution in [0, 0.1) is 5.92 Å². The number of hydrogen-bond acceptors (Lipinski definition) is 2. The zero-order valence-corrected chi connectivity index (χ0v) is 15.8. The number of H-pyrrole nitrogens is 1. The van der Waals surface area contributed by atoms with Crippen molar-refractivity contribution in [3.63, 3.8) is 0 Å². The molecule has 5 heteroatoms. The van der Waals surface area contributed by atoms with Crippen LogP contribution in [-0.2, 0) is 4.79 Å². The van der Waals surface area contributed by atoms with Crippen molar-refractivity contribution < 1.29 is 4.79 Å². The number of likely N-dealkylation sites (tertiary alicyclic amines) is 1. The first-order valence-electron chi connectivity index (χ1n) is 8.68. The number of benzene rings is 1. The first-order chi connectivity index (χ1) is 11.6. The van der Waals surface area contributed by atoms with Crippen molar-refractivity contribution in [1.29, 1.82) is 0 Å². The molecule has 1 saturated heterocycles. The van der Waals surface area contributed by atoms with Gasteiger partial charge in [0.25, 0.3) is 0 Å². The van der Waals surface area contributed by atoms with Gasteiger partial charge >= 0.3 is 0 Å². The molecule has 1 aliphatic heterocycles. The SMILES string of the molecule is CC[C@H](C)CC(=O)N1CCCC1c1ncc(-c2ccc(Br)cc2)[nH]1. The number of nitrogens with one attached hydrogen (secondary N) is 1. The Bertz CT molecular complexity index is 695. The molecule has 1 aromatic heterocycles. The Labute approximate surface area is 151 Å². The van der Waals surface area contributed by atoms with Crippen molar-refractivity contribution >= 4 is 21.8 Å². The van der Waals surface area contributed by atoms with E-state index in [1.165, 1.54) is 0 Å². The lowest BCUT2D eigenvalue weighted by Crippen LogP contribution is -2.32. The van der Waals surface area contributed by atoms with Crippen LogP contribution in [0.1, 0.15) is 51.4 Å². The highest BCUT2D eigenvalue weighted by Gasteiger charge is 2.32. The molecule has 0 aliphatic carbocycles. The van der Waals surface area contributed by atoms with Crippen molar-refractivity contribution in [1.82, 2.24) is 14.9 Å². The van der Waals surface area contributed by atoms with E-state index in [4.69, 9.17) is 0 Å². The number of nitrogens with zero attached hydrogens (tertiary/aromatic N) is 2. The van der Waals surface area contributed by atoms with Gasteiger partial charge in [0.1, 0.15) is 5.82 Å². The number of aromatic amines is 1. The average molecular weight is 390 g/mol. The Morgan fingerprint density at radius 2 is 2.17 bits per heavy atom. The van der Waals surface area contributed by atoms with Gasteiger partial charge in [-0.15, -0.1) is 0 Å². The Balaban J connectivity index is 1.76. The van der Waals surface area contributed by atoms with E-state index < -0.39 is 0 Å². The smallest absolute Gasteiger partial charge is 0.223 e. The molecule has 1 N–H and O–H groups in total. The maximum atomic E-state index is 12.6. The predicted molar refractivity (Wildman–Crippen MR) is 99.5 cm³/mol. The highest BCUT2D eigenvalue weighted by Crippen LogP contribution is 2.32. The number of carbonyl (C=O) groups is 1. The minimum absolute atomic E-state index is 0.0887. The molecule has 0 bridgehead atoms. The summed E-state index contributed by atoms with van der Waals surface area (Å²) in [5, 5.41) is 0. The number of aromatic nitrogens is 2. The Hall–Kier alpha value is -1.62. The summed E-state index contributed by atoms with van der Waals surface area (Å²) < 4.78 is 1.06. The van der Waals surface area contributed by atoms with Crippen LogP contribution in [0.25, 0.3) is 11.3 Å². The topological polar surface area (TPSA) is 49.0 Å². The standard InChI is InChI=1S/C19H24BrN3O/c1-3-13(2)11-18(24)23-10-4-5-17(23)19-21-12-16(22-19)14-6-8-15(20)9-7-14/h6-9,12-13,17H,3-5,10-11H2,1-2H3,(H,21,22)/t13-,17?/m0/s1. The highest BCUT2D eigenvalue weighted by atomic mass is 79.9. The molecular weight excluding hydrogens is 366 g/mol. The molecule has 0 spiro atoms. The Morgan fingerprint density at radius 1 is 1.42 bits per heavy atom. The third-order valence-corrected chi connectivity index (χ3v) is 5.39. The maximum absolute atomic E-state index is 12.6. The summed E-state index contributed by atoms with van der Waals surface area (Å²) in [7, 11) is 0. The molecule has 1 aliphatic rings. The van der Waals surface area contributed by atoms with E-state index >= 15 is 0 Å². The van der Waals surface area contributed by atoms with Crippen molar-refractivity contribution in [3.8, 4) is 11.3 Å². The molecule has 1 unspecified atom stereocenters. The van der Waals surface area contributed by atoms with Crippen LogP contribution >= 0.6 is 15.9 Å². The lowest BCUT2D eigenvalue weighted by Gasteiger charge is -2.24. The second-order valence-corrected chi connectivity index (χ2v) is 7.57. The first kappa shape index (κ1) is 17.2. The van der Waals surface area contributed by atoms with Crippen molar-refractivity contribution in [2.45, 2.75) is 45.6 Å². The molecule has 2 atom stereocenters. The van der Waals surface area contributed by atoms with Gasteiger partial charge in [-0.05, 0) is 36.5 Å². The Morgan fingerprint density at radius 3 is 2.88 bits per heavy atom. The second kappa shape index (κ2) is 7.51. The van der Waals surface area contributed by atoms with Crippen LogP contribution < -0.4 is 0 Å². The number of halogens is 1. The van der Waals surface area contributed by atoms with E-state index in [1.54, 1.807) is 0 Å². The third-order valence-electron chi connectivity index (χ3n) is 4.86. The monoisotopic (exact) mass is 389 g/mol. The number of hydrogen-bond donors (Lipinski definition) is 1. The lowest BCUT2D eigenvalue weighted by atomic mass is 10.0. The molecule has 0 saturated carbocycles. The van der Waals surface area contributed by atoms with E-state index in [0.717, 1.165) is 47.4 Å². The van der Waals surface area contributed by atoms with Gasteiger partial charge < -0.3 is 9.88 Å². The number of imidazole rings is 1. The third kappa shape index (κ3) is 3.72. The molecule has 1 fully saturated rings. The molecule has 2 heterocycles. The van der Waals surface area contributed by atoms with E-state index in [0.29, 0.717) is 12.3 Å². The van der Waals surface area contributed by atoms with E-state index in [9.17, 15) is 4.79 Å². The van der Waals surface area contributed by atoms with Crippen LogP contribution in [0.5, 0.6) is 0 Å². The molecule has 1 aromatic carbocycles. The van der Waals surface area contributed by atoms with Crippen LogP contribution in [0.3, 0.4) is 0 Å². The molecular formula is C19H24BrN3O. The normalized spacial score (nSPS) is 18.8. The summed E-state index contributed by atoms with van der Waals surface area (Å²) in [4.78, 5) is 22.6. The van der Waals surface area contributed by atoms with Crippen molar-refractivity contribution in [2.24, 2.45) is 5.92 Å². The fourth-order valence-electron chi connectivity index (χ4n) is 3.19. The molecule has 0 radical (unpaired) electrons. The summed E-state index contributed by atoms with van der Waals surface area (Å²) >= 11 is 3.46. The molecule has 4 nitrogen and oxygen atoms in total. The van der Waals surface area contributed by atoms with Gasteiger partial charge in [-0.2, -0.15) is 0 Å². The second-order valence-electron chi connectivity index (χ2n) is 6.65. The molecule has 1 amide bonds. The van der Waals surface area contributed by atoms with Gasteiger partial charge in [-0.3, -0.25) is 4.79 Å². The fourth-order valence-corrected chi connectivity index (χ4v) is 3.46. The number of amides is 1. The van der Waals surface area contributed by atoms with E-state index in [1.807, 2.05) is 23.2 Å². The summed E-state index contributed by atoms with van der Waals surface area (Å²) in [6, 6.07) is 8.25. The van der Waals surface area contributed by atoms with Gasteiger partial charge in [0.05, 0.1) is 17.9 Å². The summed E-state index contributed by atoms with van der Waals surface area (Å²) in [6.07, 6.45) is 5.57. The Kier molecular flexibility index (Phi) is 5.39. The highest BCUT2D eigenvalue weighted by molar-refractivity contribution is 9.10. The quantitative estimate of drug-likeness (QED) is 0.786. The molecule has 24 heavy (non-hydrogen) atoms. The largest absolute Gasteiger partial charge is 0.340 e. The first-order valence-corrected chi connectivity index (χ1v) is 9.48. The number of rotatable bonds is 5. The minimum Gasteiger partial charge on any atom is -0.340 e. The summed E-state index contributed by atoms with van der Waals surface area (Å²) in [5.41, 5.74) is 2.10.